The molecule has 1 amide bonds. The number of nitrogens with zero attached hydrogens (tertiary/aromatic N) is 1. The number of nitrogens with one attached hydrogen (secondary N) is 1. The van der Waals surface area contributed by atoms with Gasteiger partial charge in [0.25, 0.3) is 0 Å². The van der Waals surface area contributed by atoms with Crippen molar-refractivity contribution in [3.8, 4) is 0 Å². The Labute approximate surface area is 112 Å². The summed E-state index contributed by atoms with van der Waals surface area (Å²) < 4.78 is 0. The molecule has 1 fully saturated rings. The molecule has 1 heterocycles. The van der Waals surface area contributed by atoms with Crippen molar-refractivity contribution in [1.29, 1.82) is 0 Å². The second kappa shape index (κ2) is 5.80. The molecule has 18 heavy (non-hydrogen) atoms. The molecule has 0 aromatic carbocycles. The van der Waals surface area contributed by atoms with Crippen LogP contribution in [-0.4, -0.2) is 17.4 Å². The van der Waals surface area contributed by atoms with E-state index in [-0.39, 0.29) is 11.3 Å². The lowest BCUT2D eigenvalue weighted by molar-refractivity contribution is -0.132. The van der Waals surface area contributed by atoms with E-state index in [0.717, 1.165) is 36.4 Å². The quantitative estimate of drug-likeness (QED) is 0.876. The van der Waals surface area contributed by atoms with Crippen LogP contribution in [0, 0.1) is 12.3 Å². The fourth-order valence-corrected chi connectivity index (χ4v) is 3.21. The standard InChI is InChI=1S/C13H21N3OS/c1-10-16-11(8-18-10)7-15-12(17)13(9-14)5-3-2-4-6-13/h8H,2-7,9,14H2,1H3,(H,15,17). The number of carbonyl (C=O) groups excluding carboxylic acids is 1. The first-order chi connectivity index (χ1) is 8.66. The van der Waals surface area contributed by atoms with Gasteiger partial charge in [0.15, 0.2) is 0 Å². The molecule has 5 heteroatoms. The smallest absolute Gasteiger partial charge is 0.227 e. The number of rotatable bonds is 4. The average molecular weight is 267 g/mol. The molecule has 0 spiro atoms. The molecule has 1 aromatic rings. The third-order valence-electron chi connectivity index (χ3n) is 3.78. The monoisotopic (exact) mass is 267 g/mol. The van der Waals surface area contributed by atoms with E-state index < -0.39 is 0 Å². The number of aryl methyl sites for hydroxylation is 1. The van der Waals surface area contributed by atoms with Gasteiger partial charge in [0, 0.05) is 11.9 Å². The van der Waals surface area contributed by atoms with Crippen LogP contribution in [0.15, 0.2) is 5.38 Å². The third-order valence-corrected chi connectivity index (χ3v) is 4.60. The minimum Gasteiger partial charge on any atom is -0.350 e. The van der Waals surface area contributed by atoms with E-state index in [9.17, 15) is 4.79 Å². The summed E-state index contributed by atoms with van der Waals surface area (Å²) in [6.45, 7) is 2.94. The lowest BCUT2D eigenvalue weighted by Gasteiger charge is -2.34. The molecule has 0 atom stereocenters. The number of carbonyl (C=O) groups is 1. The number of aromatic nitrogens is 1. The molecule has 3 N–H and O–H groups in total. The van der Waals surface area contributed by atoms with Gasteiger partial charge in [-0.1, -0.05) is 19.3 Å². The first-order valence-electron chi connectivity index (χ1n) is 6.56. The lowest BCUT2D eigenvalue weighted by Crippen LogP contribution is -2.46. The SMILES string of the molecule is Cc1nc(CNC(=O)C2(CN)CCCCC2)cs1. The van der Waals surface area contributed by atoms with Gasteiger partial charge >= 0.3 is 0 Å². The van der Waals surface area contributed by atoms with Crippen LogP contribution in [0.5, 0.6) is 0 Å². The average Bonchev–Trinajstić information content (AvgIpc) is 2.82. The minimum atomic E-state index is -0.330. The van der Waals surface area contributed by atoms with Crippen LogP contribution in [-0.2, 0) is 11.3 Å². The van der Waals surface area contributed by atoms with Gasteiger partial charge in [-0.25, -0.2) is 4.98 Å². The first-order valence-corrected chi connectivity index (χ1v) is 7.44. The predicted molar refractivity (Wildman–Crippen MR) is 73.3 cm³/mol. The van der Waals surface area contributed by atoms with Gasteiger partial charge in [0.2, 0.25) is 5.91 Å². The summed E-state index contributed by atoms with van der Waals surface area (Å²) in [5.41, 5.74) is 6.45. The molecule has 1 aliphatic carbocycles. The van der Waals surface area contributed by atoms with E-state index in [4.69, 9.17) is 5.73 Å². The molecule has 1 aliphatic rings. The summed E-state index contributed by atoms with van der Waals surface area (Å²) >= 11 is 1.61. The molecule has 0 radical (unpaired) electrons. The Hall–Kier alpha value is -0.940. The molecule has 100 valence electrons. The van der Waals surface area contributed by atoms with E-state index in [1.165, 1.54) is 6.42 Å². The van der Waals surface area contributed by atoms with Crippen molar-refractivity contribution in [3.05, 3.63) is 16.1 Å². The minimum absolute atomic E-state index is 0.107. The zero-order valence-corrected chi connectivity index (χ0v) is 11.7. The maximum atomic E-state index is 12.3. The van der Waals surface area contributed by atoms with Gasteiger partial charge in [0.05, 0.1) is 22.7 Å². The van der Waals surface area contributed by atoms with Crippen LogP contribution in [0.4, 0.5) is 0 Å². The Balaban J connectivity index is 1.93. The maximum absolute atomic E-state index is 12.3. The van der Waals surface area contributed by atoms with Crippen molar-refractivity contribution in [2.45, 2.75) is 45.6 Å². The van der Waals surface area contributed by atoms with Gasteiger partial charge < -0.3 is 11.1 Å². The largest absolute Gasteiger partial charge is 0.350 e. The summed E-state index contributed by atoms with van der Waals surface area (Å²) in [4.78, 5) is 16.7. The zero-order valence-electron chi connectivity index (χ0n) is 10.9. The molecular weight excluding hydrogens is 246 g/mol. The van der Waals surface area contributed by atoms with Crippen LogP contribution in [0.1, 0.15) is 42.8 Å². The van der Waals surface area contributed by atoms with Crippen LogP contribution in [0.3, 0.4) is 0 Å². The molecular formula is C13H21N3OS. The maximum Gasteiger partial charge on any atom is 0.227 e. The van der Waals surface area contributed by atoms with Gasteiger partial charge in [0.1, 0.15) is 0 Å². The highest BCUT2D eigenvalue weighted by Gasteiger charge is 2.37. The number of thiazole rings is 1. The van der Waals surface area contributed by atoms with E-state index in [0.29, 0.717) is 13.1 Å². The number of hydrogen-bond acceptors (Lipinski definition) is 4. The van der Waals surface area contributed by atoms with Crippen molar-refractivity contribution >= 4 is 17.2 Å². The van der Waals surface area contributed by atoms with Crippen molar-refractivity contribution in [2.24, 2.45) is 11.1 Å². The normalized spacial score (nSPS) is 18.6. The highest BCUT2D eigenvalue weighted by Crippen LogP contribution is 2.35. The summed E-state index contributed by atoms with van der Waals surface area (Å²) in [6.07, 6.45) is 5.29. The molecule has 4 nitrogen and oxygen atoms in total. The van der Waals surface area contributed by atoms with Gasteiger partial charge in [-0.2, -0.15) is 0 Å². The Kier molecular flexibility index (Phi) is 4.35. The van der Waals surface area contributed by atoms with Crippen LogP contribution in [0.25, 0.3) is 0 Å². The van der Waals surface area contributed by atoms with Gasteiger partial charge in [-0.05, 0) is 19.8 Å². The van der Waals surface area contributed by atoms with E-state index in [1.54, 1.807) is 11.3 Å². The Bertz CT molecular complexity index is 410. The number of nitrogens with two attached hydrogens (primary N) is 1. The molecule has 2 rings (SSSR count). The van der Waals surface area contributed by atoms with E-state index >= 15 is 0 Å². The highest BCUT2D eigenvalue weighted by atomic mass is 32.1. The van der Waals surface area contributed by atoms with Crippen LogP contribution < -0.4 is 11.1 Å². The first kappa shape index (κ1) is 13.5. The third kappa shape index (κ3) is 2.90. The van der Waals surface area contributed by atoms with Crippen LogP contribution in [0.2, 0.25) is 0 Å². The summed E-state index contributed by atoms with van der Waals surface area (Å²) in [6, 6.07) is 0. The van der Waals surface area contributed by atoms with E-state index in [1.807, 2.05) is 12.3 Å². The van der Waals surface area contributed by atoms with Gasteiger partial charge in [-0.15, -0.1) is 11.3 Å². The predicted octanol–water partition coefficient (Wildman–Crippen LogP) is 1.98. The molecule has 0 aliphatic heterocycles. The lowest BCUT2D eigenvalue weighted by atomic mass is 9.73. The van der Waals surface area contributed by atoms with Crippen molar-refractivity contribution < 1.29 is 4.79 Å². The topological polar surface area (TPSA) is 68.0 Å². The summed E-state index contributed by atoms with van der Waals surface area (Å²) in [5, 5.41) is 6.02. The number of amides is 1. The Morgan fingerprint density at radius 2 is 2.22 bits per heavy atom. The Morgan fingerprint density at radius 3 is 2.78 bits per heavy atom. The van der Waals surface area contributed by atoms with Crippen molar-refractivity contribution in [2.75, 3.05) is 6.54 Å². The summed E-state index contributed by atoms with van der Waals surface area (Å²) in [5.74, 6) is 0.107. The Morgan fingerprint density at radius 1 is 1.50 bits per heavy atom. The fourth-order valence-electron chi connectivity index (χ4n) is 2.60. The van der Waals surface area contributed by atoms with Crippen LogP contribution >= 0.6 is 11.3 Å². The second-order valence-corrected chi connectivity index (χ2v) is 6.15. The molecule has 0 bridgehead atoms. The second-order valence-electron chi connectivity index (χ2n) is 5.09. The van der Waals surface area contributed by atoms with E-state index in [2.05, 4.69) is 10.3 Å². The molecule has 1 saturated carbocycles. The number of hydrogen-bond donors (Lipinski definition) is 2. The highest BCUT2D eigenvalue weighted by molar-refractivity contribution is 7.09. The fraction of sp³-hybridized carbons (Fsp3) is 0.692. The zero-order chi connectivity index (χ0) is 13.0. The molecule has 0 saturated heterocycles. The van der Waals surface area contributed by atoms with Crippen molar-refractivity contribution in [3.63, 3.8) is 0 Å². The molecule has 0 unspecified atom stereocenters. The van der Waals surface area contributed by atoms with Crippen molar-refractivity contribution in [1.82, 2.24) is 10.3 Å². The van der Waals surface area contributed by atoms with Gasteiger partial charge in [-0.3, -0.25) is 4.79 Å². The summed E-state index contributed by atoms with van der Waals surface area (Å²) in [7, 11) is 0. The molecule has 1 aromatic heterocycles.